The highest BCUT2D eigenvalue weighted by Crippen LogP contribution is 2.22. The van der Waals surface area contributed by atoms with Gasteiger partial charge in [0.05, 0.1) is 13.7 Å². The molecule has 0 amide bonds. The second-order valence-corrected chi connectivity index (χ2v) is 8.31. The summed E-state index contributed by atoms with van der Waals surface area (Å²) < 4.78 is 11.1. The van der Waals surface area contributed by atoms with Crippen LogP contribution >= 0.6 is 11.8 Å². The lowest BCUT2D eigenvalue weighted by molar-refractivity contribution is 0.412. The first-order chi connectivity index (χ1) is 13.5. The largest absolute Gasteiger partial charge is 0.497 e. The lowest BCUT2D eigenvalue weighted by atomic mass is 10.2. The number of hydrogen-bond donors (Lipinski definition) is 2. The third kappa shape index (κ3) is 7.31. The average molecular weight is 403 g/mol. The van der Waals surface area contributed by atoms with E-state index in [4.69, 9.17) is 9.47 Å². The summed E-state index contributed by atoms with van der Waals surface area (Å²) >= 11 is 1.83. The topological polar surface area (TPSA) is 67.8 Å². The van der Waals surface area contributed by atoms with Crippen molar-refractivity contribution in [2.24, 2.45) is 4.99 Å². The Bertz CT molecular complexity index is 746. The summed E-state index contributed by atoms with van der Waals surface area (Å²) in [6.07, 6.45) is 3.91. The van der Waals surface area contributed by atoms with E-state index in [1.54, 1.807) is 13.3 Å². The van der Waals surface area contributed by atoms with Crippen molar-refractivity contribution >= 4 is 17.7 Å². The van der Waals surface area contributed by atoms with Crippen LogP contribution in [-0.2, 0) is 6.54 Å². The first-order valence-corrected chi connectivity index (χ1v) is 10.5. The van der Waals surface area contributed by atoms with E-state index >= 15 is 0 Å². The monoisotopic (exact) mass is 402 g/mol. The molecule has 1 heterocycles. The minimum absolute atomic E-state index is 0.151. The Balaban J connectivity index is 1.94. The Morgan fingerprint density at radius 3 is 2.39 bits per heavy atom. The molecule has 0 aliphatic carbocycles. The molecule has 0 atom stereocenters. The van der Waals surface area contributed by atoms with Gasteiger partial charge in [0.15, 0.2) is 5.96 Å². The maximum Gasteiger partial charge on any atom is 0.219 e. The summed E-state index contributed by atoms with van der Waals surface area (Å²) in [5.74, 6) is 2.86. The van der Waals surface area contributed by atoms with Crippen LogP contribution < -0.4 is 20.1 Å². The number of hydrogen-bond acceptors (Lipinski definition) is 5. The quantitative estimate of drug-likeness (QED) is 0.487. The van der Waals surface area contributed by atoms with Crippen molar-refractivity contribution < 1.29 is 9.47 Å². The molecule has 0 bridgehead atoms. The Kier molecular flexibility index (Phi) is 8.44. The number of nitrogens with zero attached hydrogens (tertiary/aromatic N) is 2. The normalized spacial score (nSPS) is 11.8. The molecule has 28 heavy (non-hydrogen) atoms. The first kappa shape index (κ1) is 21.9. The molecular weight excluding hydrogens is 372 g/mol. The molecule has 0 fully saturated rings. The van der Waals surface area contributed by atoms with Crippen LogP contribution in [0.5, 0.6) is 17.4 Å². The molecule has 0 spiro atoms. The van der Waals surface area contributed by atoms with Crippen molar-refractivity contribution in [1.82, 2.24) is 15.6 Å². The number of thioether (sulfide) groups is 1. The number of nitrogens with one attached hydrogen (secondary N) is 2. The molecule has 6 nitrogen and oxygen atoms in total. The Hall–Kier alpha value is -2.41. The van der Waals surface area contributed by atoms with Gasteiger partial charge >= 0.3 is 0 Å². The molecule has 0 saturated carbocycles. The van der Waals surface area contributed by atoms with Crippen LogP contribution in [-0.4, -0.2) is 42.1 Å². The number of aliphatic imine (C=N–C) groups is 1. The van der Waals surface area contributed by atoms with Crippen molar-refractivity contribution in [2.45, 2.75) is 32.1 Å². The number of guanidine groups is 1. The van der Waals surface area contributed by atoms with Gasteiger partial charge in [-0.1, -0.05) is 6.07 Å². The first-order valence-electron chi connectivity index (χ1n) is 9.30. The standard InChI is InChI=1S/C21H30N4O2S/c1-6-22-20(25-15-21(2,3)28-5)24-14-16-7-12-19(23-13-16)27-18-10-8-17(26-4)9-11-18/h7-13H,6,14-15H2,1-5H3,(H2,22,24,25). The van der Waals surface area contributed by atoms with Crippen LogP contribution in [0.1, 0.15) is 26.3 Å². The van der Waals surface area contributed by atoms with Crippen molar-refractivity contribution in [3.05, 3.63) is 48.2 Å². The highest BCUT2D eigenvalue weighted by atomic mass is 32.2. The SMILES string of the molecule is CCNC(=NCc1ccc(Oc2ccc(OC)cc2)nc1)NCC(C)(C)SC. The molecule has 2 rings (SSSR count). The molecule has 1 aromatic carbocycles. The van der Waals surface area contributed by atoms with Gasteiger partial charge in [0, 0.05) is 30.1 Å². The van der Waals surface area contributed by atoms with Crippen LogP contribution in [0.25, 0.3) is 0 Å². The summed E-state index contributed by atoms with van der Waals surface area (Å²) in [4.78, 5) is 9.02. The third-order valence-electron chi connectivity index (χ3n) is 4.08. The Labute approximate surface area is 172 Å². The van der Waals surface area contributed by atoms with Gasteiger partial charge in [-0.25, -0.2) is 9.98 Å². The van der Waals surface area contributed by atoms with Gasteiger partial charge in [0.25, 0.3) is 0 Å². The average Bonchev–Trinajstić information content (AvgIpc) is 2.72. The molecule has 0 aliphatic rings. The van der Waals surface area contributed by atoms with E-state index < -0.39 is 0 Å². The van der Waals surface area contributed by atoms with Gasteiger partial charge in [-0.15, -0.1) is 0 Å². The Morgan fingerprint density at radius 1 is 1.11 bits per heavy atom. The molecule has 0 aliphatic heterocycles. The zero-order valence-electron chi connectivity index (χ0n) is 17.3. The predicted molar refractivity (Wildman–Crippen MR) is 118 cm³/mol. The van der Waals surface area contributed by atoms with Gasteiger partial charge in [-0.05, 0) is 56.9 Å². The number of aromatic nitrogens is 1. The molecule has 7 heteroatoms. The molecule has 1 aromatic heterocycles. The maximum absolute atomic E-state index is 5.76. The van der Waals surface area contributed by atoms with Crippen molar-refractivity contribution in [3.63, 3.8) is 0 Å². The molecule has 0 unspecified atom stereocenters. The van der Waals surface area contributed by atoms with E-state index in [0.717, 1.165) is 30.4 Å². The van der Waals surface area contributed by atoms with E-state index in [0.29, 0.717) is 18.2 Å². The summed E-state index contributed by atoms with van der Waals surface area (Å²) in [5, 5.41) is 6.68. The molecule has 152 valence electrons. The van der Waals surface area contributed by atoms with Gasteiger partial charge < -0.3 is 20.1 Å². The number of ether oxygens (including phenoxy) is 2. The lowest BCUT2D eigenvalue weighted by Gasteiger charge is -2.23. The summed E-state index contributed by atoms with van der Waals surface area (Å²) in [6.45, 7) is 8.68. The van der Waals surface area contributed by atoms with Gasteiger partial charge in [-0.3, -0.25) is 0 Å². The number of benzene rings is 1. The highest BCUT2D eigenvalue weighted by molar-refractivity contribution is 7.99. The predicted octanol–water partition coefficient (Wildman–Crippen LogP) is 4.08. The van der Waals surface area contributed by atoms with E-state index in [1.807, 2.05) is 48.2 Å². The zero-order chi connectivity index (χ0) is 20.4. The van der Waals surface area contributed by atoms with Crippen LogP contribution in [0.4, 0.5) is 0 Å². The lowest BCUT2D eigenvalue weighted by Crippen LogP contribution is -2.43. The molecule has 0 saturated heterocycles. The van der Waals surface area contributed by atoms with Gasteiger partial charge in [0.2, 0.25) is 5.88 Å². The fourth-order valence-electron chi connectivity index (χ4n) is 2.21. The summed E-state index contributed by atoms with van der Waals surface area (Å²) in [5.41, 5.74) is 1.02. The van der Waals surface area contributed by atoms with Crippen molar-refractivity contribution in [1.29, 1.82) is 0 Å². The minimum atomic E-state index is 0.151. The molecular formula is C21H30N4O2S. The van der Waals surface area contributed by atoms with E-state index in [-0.39, 0.29) is 4.75 Å². The van der Waals surface area contributed by atoms with Crippen LogP contribution in [0.2, 0.25) is 0 Å². The second kappa shape index (κ2) is 10.8. The maximum atomic E-state index is 5.76. The third-order valence-corrected chi connectivity index (χ3v) is 5.33. The van der Waals surface area contributed by atoms with Gasteiger partial charge in [0.1, 0.15) is 11.5 Å². The van der Waals surface area contributed by atoms with Crippen LogP contribution in [0, 0.1) is 0 Å². The number of methoxy groups -OCH3 is 1. The zero-order valence-corrected chi connectivity index (χ0v) is 18.1. The highest BCUT2D eigenvalue weighted by Gasteiger charge is 2.16. The van der Waals surface area contributed by atoms with E-state index in [2.05, 4.69) is 47.6 Å². The number of pyridine rings is 1. The van der Waals surface area contributed by atoms with Gasteiger partial charge in [-0.2, -0.15) is 11.8 Å². The molecule has 2 N–H and O–H groups in total. The fourth-order valence-corrected chi connectivity index (χ4v) is 2.43. The van der Waals surface area contributed by atoms with Crippen LogP contribution in [0.3, 0.4) is 0 Å². The van der Waals surface area contributed by atoms with Crippen molar-refractivity contribution in [2.75, 3.05) is 26.5 Å². The molecule has 0 radical (unpaired) electrons. The fraction of sp³-hybridized carbons (Fsp3) is 0.429. The Morgan fingerprint density at radius 2 is 1.82 bits per heavy atom. The summed E-state index contributed by atoms with van der Waals surface area (Å²) in [7, 11) is 1.64. The second-order valence-electron chi connectivity index (χ2n) is 6.79. The summed E-state index contributed by atoms with van der Waals surface area (Å²) in [6, 6.07) is 11.2. The smallest absolute Gasteiger partial charge is 0.219 e. The van der Waals surface area contributed by atoms with E-state index in [9.17, 15) is 0 Å². The van der Waals surface area contributed by atoms with E-state index in [1.165, 1.54) is 0 Å². The van der Waals surface area contributed by atoms with Crippen LogP contribution in [0.15, 0.2) is 47.6 Å². The minimum Gasteiger partial charge on any atom is -0.497 e. The number of rotatable bonds is 9. The molecule has 2 aromatic rings. The van der Waals surface area contributed by atoms with Crippen molar-refractivity contribution in [3.8, 4) is 17.4 Å².